The number of nitrogens with one attached hydrogen (secondary N) is 1. The van der Waals surface area contributed by atoms with Gasteiger partial charge in [0.05, 0.1) is 10.9 Å². The zero-order chi connectivity index (χ0) is 13.1. The summed E-state index contributed by atoms with van der Waals surface area (Å²) in [6, 6.07) is 6.68. The van der Waals surface area contributed by atoms with Crippen molar-refractivity contribution in [1.82, 2.24) is 9.55 Å². The monoisotopic (exact) mass is 247 g/mol. The Hall–Kier alpha value is -2.37. The summed E-state index contributed by atoms with van der Waals surface area (Å²) < 4.78 is 1.01. The van der Waals surface area contributed by atoms with Crippen LogP contribution in [0.4, 0.5) is 0 Å². The smallest absolute Gasteiger partial charge is 0.328 e. The van der Waals surface area contributed by atoms with Gasteiger partial charge in [0.2, 0.25) is 0 Å². The number of para-hydroxylation sites is 1. The third-order valence-electron chi connectivity index (χ3n) is 2.65. The molecule has 0 fully saturated rings. The van der Waals surface area contributed by atoms with Crippen molar-refractivity contribution < 1.29 is 9.90 Å². The SMILES string of the molecule is O=C([O-])CCCn1c(=O)[nH]c2ccccc2c1=O. The minimum Gasteiger partial charge on any atom is -0.550 e. The van der Waals surface area contributed by atoms with Crippen LogP contribution in [0.3, 0.4) is 0 Å². The average molecular weight is 247 g/mol. The van der Waals surface area contributed by atoms with Crippen molar-refractivity contribution in [2.24, 2.45) is 0 Å². The first-order valence-electron chi connectivity index (χ1n) is 5.51. The number of hydrogen-bond acceptors (Lipinski definition) is 4. The maximum Gasteiger partial charge on any atom is 0.328 e. The van der Waals surface area contributed by atoms with Gasteiger partial charge >= 0.3 is 5.69 Å². The number of nitrogens with zero attached hydrogens (tertiary/aromatic N) is 1. The Kier molecular flexibility index (Phi) is 3.27. The van der Waals surface area contributed by atoms with Crippen LogP contribution in [0.5, 0.6) is 0 Å². The molecule has 18 heavy (non-hydrogen) atoms. The summed E-state index contributed by atoms with van der Waals surface area (Å²) in [5.74, 6) is -1.19. The van der Waals surface area contributed by atoms with Crippen molar-refractivity contribution in [2.75, 3.05) is 0 Å². The normalized spacial score (nSPS) is 10.7. The third-order valence-corrected chi connectivity index (χ3v) is 2.65. The van der Waals surface area contributed by atoms with Crippen molar-refractivity contribution in [3.05, 3.63) is 45.1 Å². The van der Waals surface area contributed by atoms with Gasteiger partial charge in [-0.2, -0.15) is 0 Å². The number of fused-ring (bicyclic) bond motifs is 1. The number of aromatic nitrogens is 2. The van der Waals surface area contributed by atoms with Crippen LogP contribution in [0.25, 0.3) is 10.9 Å². The van der Waals surface area contributed by atoms with Gasteiger partial charge in [-0.3, -0.25) is 9.36 Å². The van der Waals surface area contributed by atoms with E-state index in [9.17, 15) is 19.5 Å². The molecular formula is C12H11N2O4-. The van der Waals surface area contributed by atoms with Crippen LogP contribution in [0.1, 0.15) is 12.8 Å². The highest BCUT2D eigenvalue weighted by atomic mass is 16.4. The van der Waals surface area contributed by atoms with Crippen LogP contribution < -0.4 is 16.4 Å². The number of aliphatic carboxylic acids is 1. The Labute approximate surface area is 102 Å². The molecule has 6 heteroatoms. The molecule has 1 heterocycles. The minimum atomic E-state index is -1.19. The number of carbonyl (C=O) groups is 1. The van der Waals surface area contributed by atoms with Gasteiger partial charge in [0.25, 0.3) is 5.56 Å². The van der Waals surface area contributed by atoms with E-state index in [1.165, 1.54) is 0 Å². The first-order valence-corrected chi connectivity index (χ1v) is 5.51. The van der Waals surface area contributed by atoms with Crippen LogP contribution in [-0.4, -0.2) is 15.5 Å². The second-order valence-electron chi connectivity index (χ2n) is 3.91. The Morgan fingerprint density at radius 2 is 2.00 bits per heavy atom. The molecule has 0 unspecified atom stereocenters. The van der Waals surface area contributed by atoms with E-state index in [1.54, 1.807) is 24.3 Å². The molecule has 0 aliphatic rings. The Morgan fingerprint density at radius 1 is 1.28 bits per heavy atom. The van der Waals surface area contributed by atoms with Gasteiger partial charge in [0.15, 0.2) is 0 Å². The highest BCUT2D eigenvalue weighted by Gasteiger charge is 2.06. The molecule has 0 radical (unpaired) electrons. The molecule has 0 saturated carbocycles. The summed E-state index contributed by atoms with van der Waals surface area (Å²) in [4.78, 5) is 36.5. The zero-order valence-corrected chi connectivity index (χ0v) is 9.51. The number of carboxylic acid groups (broad SMARTS) is 1. The average Bonchev–Trinajstić information content (AvgIpc) is 2.33. The van der Waals surface area contributed by atoms with Gasteiger partial charge in [0, 0.05) is 12.5 Å². The predicted molar refractivity (Wildman–Crippen MR) is 63.1 cm³/mol. The highest BCUT2D eigenvalue weighted by Crippen LogP contribution is 2.03. The summed E-state index contributed by atoms with van der Waals surface area (Å²) in [7, 11) is 0. The number of hydrogen-bond donors (Lipinski definition) is 1. The maximum absolute atomic E-state index is 12.0. The van der Waals surface area contributed by atoms with Crippen molar-refractivity contribution >= 4 is 16.9 Å². The lowest BCUT2D eigenvalue weighted by atomic mass is 10.2. The number of rotatable bonds is 4. The van der Waals surface area contributed by atoms with Crippen LogP contribution in [-0.2, 0) is 11.3 Å². The zero-order valence-electron chi connectivity index (χ0n) is 9.51. The van der Waals surface area contributed by atoms with E-state index < -0.39 is 17.2 Å². The van der Waals surface area contributed by atoms with Gasteiger partial charge in [0.1, 0.15) is 0 Å². The molecule has 0 atom stereocenters. The van der Waals surface area contributed by atoms with Gasteiger partial charge in [-0.1, -0.05) is 12.1 Å². The molecule has 1 N–H and O–H groups in total. The molecule has 0 aliphatic heterocycles. The van der Waals surface area contributed by atoms with Crippen molar-refractivity contribution in [3.63, 3.8) is 0 Å². The molecule has 0 saturated heterocycles. The minimum absolute atomic E-state index is 0.0625. The van der Waals surface area contributed by atoms with Crippen molar-refractivity contribution in [2.45, 2.75) is 19.4 Å². The summed E-state index contributed by atoms with van der Waals surface area (Å²) in [6.45, 7) is 0.0625. The van der Waals surface area contributed by atoms with Crippen molar-refractivity contribution in [1.29, 1.82) is 0 Å². The Balaban J connectivity index is 2.42. The lowest BCUT2D eigenvalue weighted by molar-refractivity contribution is -0.305. The Bertz CT molecular complexity index is 699. The molecule has 6 nitrogen and oxygen atoms in total. The molecule has 0 amide bonds. The lowest BCUT2D eigenvalue weighted by Crippen LogP contribution is -2.35. The fraction of sp³-hybridized carbons (Fsp3) is 0.250. The van der Waals surface area contributed by atoms with E-state index in [4.69, 9.17) is 0 Å². The molecule has 0 spiro atoms. The van der Waals surface area contributed by atoms with Gasteiger partial charge in [-0.15, -0.1) is 0 Å². The second-order valence-corrected chi connectivity index (χ2v) is 3.91. The predicted octanol–water partition coefficient (Wildman–Crippen LogP) is -0.780. The first-order chi connectivity index (χ1) is 8.59. The fourth-order valence-corrected chi connectivity index (χ4v) is 1.78. The molecule has 0 aliphatic carbocycles. The lowest BCUT2D eigenvalue weighted by Gasteiger charge is -2.06. The number of carboxylic acids is 1. The highest BCUT2D eigenvalue weighted by molar-refractivity contribution is 5.76. The van der Waals surface area contributed by atoms with E-state index in [1.807, 2.05) is 0 Å². The summed E-state index contributed by atoms with van der Waals surface area (Å²) in [5.41, 5.74) is -0.464. The van der Waals surface area contributed by atoms with Gasteiger partial charge < -0.3 is 14.9 Å². The van der Waals surface area contributed by atoms with Gasteiger partial charge in [-0.25, -0.2) is 4.79 Å². The molecule has 1 aromatic heterocycles. The molecular weight excluding hydrogens is 236 g/mol. The quantitative estimate of drug-likeness (QED) is 0.766. The van der Waals surface area contributed by atoms with Crippen LogP contribution in [0.2, 0.25) is 0 Å². The third kappa shape index (κ3) is 2.32. The molecule has 1 aromatic carbocycles. The standard InChI is InChI=1S/C12H12N2O4/c15-10(16)6-3-7-14-11(17)8-4-1-2-5-9(8)13-12(14)18/h1-2,4-5H,3,6-7H2,(H,13,18)(H,15,16)/p-1. The van der Waals surface area contributed by atoms with Crippen LogP contribution in [0, 0.1) is 0 Å². The second kappa shape index (κ2) is 4.87. The van der Waals surface area contributed by atoms with E-state index in [2.05, 4.69) is 4.98 Å². The van der Waals surface area contributed by atoms with Gasteiger partial charge in [-0.05, 0) is 25.0 Å². The molecule has 2 rings (SSSR count). The van der Waals surface area contributed by atoms with Crippen LogP contribution in [0.15, 0.2) is 33.9 Å². The summed E-state index contributed by atoms with van der Waals surface area (Å²) in [5, 5.41) is 10.7. The van der Waals surface area contributed by atoms with Crippen LogP contribution >= 0.6 is 0 Å². The largest absolute Gasteiger partial charge is 0.550 e. The molecule has 0 bridgehead atoms. The number of benzene rings is 1. The first kappa shape index (κ1) is 12.1. The van der Waals surface area contributed by atoms with E-state index >= 15 is 0 Å². The van der Waals surface area contributed by atoms with E-state index in [0.717, 1.165) is 4.57 Å². The van der Waals surface area contributed by atoms with E-state index in [0.29, 0.717) is 10.9 Å². The summed E-state index contributed by atoms with van der Waals surface area (Å²) in [6.07, 6.45) is 0.00235. The fourth-order valence-electron chi connectivity index (χ4n) is 1.78. The maximum atomic E-state index is 12.0. The number of aromatic amines is 1. The number of H-pyrrole nitrogens is 1. The molecule has 94 valence electrons. The molecule has 2 aromatic rings. The van der Waals surface area contributed by atoms with E-state index in [-0.39, 0.29) is 19.4 Å². The Morgan fingerprint density at radius 3 is 2.72 bits per heavy atom. The summed E-state index contributed by atoms with van der Waals surface area (Å²) >= 11 is 0. The topological polar surface area (TPSA) is 95.0 Å². The van der Waals surface area contributed by atoms with Crippen molar-refractivity contribution in [3.8, 4) is 0 Å². The number of carbonyl (C=O) groups excluding carboxylic acids is 1.